The maximum Gasteiger partial charge on any atom is 0.236 e. The van der Waals surface area contributed by atoms with Gasteiger partial charge < -0.3 is 0 Å². The van der Waals surface area contributed by atoms with Gasteiger partial charge in [-0.05, 0) is 5.41 Å². The molecule has 0 unspecified atom stereocenters. The van der Waals surface area contributed by atoms with E-state index in [0.29, 0.717) is 13.1 Å². The summed E-state index contributed by atoms with van der Waals surface area (Å²) in [4.78, 5) is 0. The van der Waals surface area contributed by atoms with Gasteiger partial charge in [-0.2, -0.15) is 4.31 Å². The van der Waals surface area contributed by atoms with E-state index in [0.717, 1.165) is 0 Å². The standard InChI is InChI=1S/C8H15NO2S/c1-8(2,3)7-9-5-4-6-12(9,10)11/h4,6H,5,7H2,1-3H3. The van der Waals surface area contributed by atoms with Crippen LogP contribution < -0.4 is 0 Å². The summed E-state index contributed by atoms with van der Waals surface area (Å²) in [6.07, 6.45) is 1.68. The molecule has 4 heteroatoms. The first-order valence-electron chi connectivity index (χ1n) is 3.98. The largest absolute Gasteiger partial charge is 0.236 e. The van der Waals surface area contributed by atoms with Gasteiger partial charge in [0, 0.05) is 18.5 Å². The molecule has 0 N–H and O–H groups in total. The lowest BCUT2D eigenvalue weighted by molar-refractivity contribution is 0.302. The van der Waals surface area contributed by atoms with Crippen LogP contribution in [0, 0.1) is 5.41 Å². The number of hydrogen-bond donors (Lipinski definition) is 0. The maximum atomic E-state index is 11.3. The number of rotatable bonds is 1. The van der Waals surface area contributed by atoms with Crippen molar-refractivity contribution in [2.75, 3.05) is 13.1 Å². The molecule has 0 aromatic carbocycles. The molecule has 0 amide bonds. The summed E-state index contributed by atoms with van der Waals surface area (Å²) in [6.45, 7) is 7.20. The summed E-state index contributed by atoms with van der Waals surface area (Å²) in [5, 5.41) is 1.28. The lowest BCUT2D eigenvalue weighted by atomic mass is 9.97. The highest BCUT2D eigenvalue weighted by Gasteiger charge is 2.27. The van der Waals surface area contributed by atoms with Gasteiger partial charge in [0.2, 0.25) is 10.0 Å². The molecule has 0 aromatic heterocycles. The minimum atomic E-state index is -3.07. The number of sulfonamides is 1. The highest BCUT2D eigenvalue weighted by molar-refractivity contribution is 7.92. The summed E-state index contributed by atoms with van der Waals surface area (Å²) < 4.78 is 24.1. The third-order valence-corrected chi connectivity index (χ3v) is 3.12. The molecule has 1 heterocycles. The van der Waals surface area contributed by atoms with Crippen LogP contribution >= 0.6 is 0 Å². The van der Waals surface area contributed by atoms with Crippen LogP contribution in [0.15, 0.2) is 11.5 Å². The van der Waals surface area contributed by atoms with Gasteiger partial charge in [0.25, 0.3) is 0 Å². The lowest BCUT2D eigenvalue weighted by Gasteiger charge is -2.24. The predicted octanol–water partition coefficient (Wildman–Crippen LogP) is 1.19. The average molecular weight is 189 g/mol. The number of nitrogens with zero attached hydrogens (tertiary/aromatic N) is 1. The molecule has 0 saturated heterocycles. The smallest absolute Gasteiger partial charge is 0.208 e. The Balaban J connectivity index is 2.69. The molecule has 0 saturated carbocycles. The van der Waals surface area contributed by atoms with Crippen molar-refractivity contribution in [2.24, 2.45) is 5.41 Å². The zero-order valence-corrected chi connectivity index (χ0v) is 8.56. The van der Waals surface area contributed by atoms with Gasteiger partial charge in [0.1, 0.15) is 0 Å². The van der Waals surface area contributed by atoms with E-state index in [2.05, 4.69) is 0 Å². The van der Waals surface area contributed by atoms with E-state index < -0.39 is 10.0 Å². The second kappa shape index (κ2) is 2.85. The molecule has 1 aliphatic rings. The van der Waals surface area contributed by atoms with Crippen molar-refractivity contribution in [1.29, 1.82) is 0 Å². The van der Waals surface area contributed by atoms with Crippen molar-refractivity contribution < 1.29 is 8.42 Å². The van der Waals surface area contributed by atoms with Gasteiger partial charge in [-0.15, -0.1) is 0 Å². The summed E-state index contributed by atoms with van der Waals surface area (Å²) in [7, 11) is -3.07. The van der Waals surface area contributed by atoms with E-state index in [1.807, 2.05) is 20.8 Å². The van der Waals surface area contributed by atoms with Gasteiger partial charge in [0.15, 0.2) is 0 Å². The minimum absolute atomic E-state index is 0.0269. The molecule has 3 nitrogen and oxygen atoms in total. The summed E-state index contributed by atoms with van der Waals surface area (Å²) >= 11 is 0. The Bertz CT molecular complexity index is 285. The SMILES string of the molecule is CC(C)(C)CN1CC=CS1(=O)=O. The second-order valence-corrected chi connectivity index (χ2v) is 6.09. The highest BCUT2D eigenvalue weighted by Crippen LogP contribution is 2.20. The molecule has 0 aromatic rings. The van der Waals surface area contributed by atoms with Crippen molar-refractivity contribution in [3.8, 4) is 0 Å². The van der Waals surface area contributed by atoms with Crippen molar-refractivity contribution >= 4 is 10.0 Å². The molecule has 0 atom stereocenters. The molecule has 1 aliphatic heterocycles. The summed E-state index contributed by atoms with van der Waals surface area (Å²) in [6, 6.07) is 0. The van der Waals surface area contributed by atoms with Crippen LogP contribution in [-0.2, 0) is 10.0 Å². The Kier molecular flexibility index (Phi) is 2.31. The Labute approximate surface area is 74.1 Å². The molecular weight excluding hydrogens is 174 g/mol. The molecule has 0 bridgehead atoms. The highest BCUT2D eigenvalue weighted by atomic mass is 32.2. The van der Waals surface area contributed by atoms with Crippen LogP contribution in [0.3, 0.4) is 0 Å². The second-order valence-electron chi connectivity index (χ2n) is 4.27. The fourth-order valence-electron chi connectivity index (χ4n) is 1.16. The maximum absolute atomic E-state index is 11.3. The van der Waals surface area contributed by atoms with E-state index in [-0.39, 0.29) is 5.41 Å². The summed E-state index contributed by atoms with van der Waals surface area (Å²) in [5.41, 5.74) is 0.0269. The fraction of sp³-hybridized carbons (Fsp3) is 0.750. The topological polar surface area (TPSA) is 37.4 Å². The van der Waals surface area contributed by atoms with Gasteiger partial charge in [-0.1, -0.05) is 26.8 Å². The van der Waals surface area contributed by atoms with Crippen LogP contribution in [0.1, 0.15) is 20.8 Å². The fourth-order valence-corrected chi connectivity index (χ4v) is 2.52. The molecule has 12 heavy (non-hydrogen) atoms. The van der Waals surface area contributed by atoms with Crippen molar-refractivity contribution in [3.63, 3.8) is 0 Å². The summed E-state index contributed by atoms with van der Waals surface area (Å²) in [5.74, 6) is 0. The van der Waals surface area contributed by atoms with E-state index in [1.54, 1.807) is 6.08 Å². The lowest BCUT2D eigenvalue weighted by Crippen LogP contribution is -2.33. The van der Waals surface area contributed by atoms with E-state index in [4.69, 9.17) is 0 Å². The third kappa shape index (κ3) is 2.32. The van der Waals surface area contributed by atoms with Gasteiger partial charge in [-0.3, -0.25) is 0 Å². The predicted molar refractivity (Wildman–Crippen MR) is 49.1 cm³/mol. The minimum Gasteiger partial charge on any atom is -0.208 e. The van der Waals surface area contributed by atoms with Gasteiger partial charge in [-0.25, -0.2) is 8.42 Å². The van der Waals surface area contributed by atoms with Crippen molar-refractivity contribution in [2.45, 2.75) is 20.8 Å². The molecule has 0 fully saturated rings. The van der Waals surface area contributed by atoms with Gasteiger partial charge >= 0.3 is 0 Å². The van der Waals surface area contributed by atoms with Crippen molar-refractivity contribution in [1.82, 2.24) is 4.31 Å². The van der Waals surface area contributed by atoms with Crippen LogP contribution in [-0.4, -0.2) is 25.8 Å². The Morgan fingerprint density at radius 3 is 2.33 bits per heavy atom. The third-order valence-electron chi connectivity index (χ3n) is 1.59. The first kappa shape index (κ1) is 9.74. The molecule has 0 aliphatic carbocycles. The van der Waals surface area contributed by atoms with Crippen LogP contribution in [0.25, 0.3) is 0 Å². The average Bonchev–Trinajstić information content (AvgIpc) is 2.07. The molecule has 0 radical (unpaired) electrons. The van der Waals surface area contributed by atoms with Crippen LogP contribution in [0.2, 0.25) is 0 Å². The first-order valence-corrected chi connectivity index (χ1v) is 5.48. The van der Waals surface area contributed by atoms with E-state index in [9.17, 15) is 8.42 Å². The molecule has 0 spiro atoms. The zero-order valence-electron chi connectivity index (χ0n) is 7.74. The van der Waals surface area contributed by atoms with E-state index in [1.165, 1.54) is 9.71 Å². The Hall–Kier alpha value is -0.350. The monoisotopic (exact) mass is 189 g/mol. The quantitative estimate of drug-likeness (QED) is 0.621. The zero-order chi connectivity index (χ0) is 9.41. The molecular formula is C8H15NO2S. The van der Waals surface area contributed by atoms with Crippen molar-refractivity contribution in [3.05, 3.63) is 11.5 Å². The molecule has 70 valence electrons. The van der Waals surface area contributed by atoms with E-state index >= 15 is 0 Å². The Morgan fingerprint density at radius 1 is 1.42 bits per heavy atom. The first-order chi connectivity index (χ1) is 5.31. The normalized spacial score (nSPS) is 23.2. The molecule has 1 rings (SSSR count). The van der Waals surface area contributed by atoms with Crippen LogP contribution in [0.5, 0.6) is 0 Å². The number of hydrogen-bond acceptors (Lipinski definition) is 2. The Morgan fingerprint density at radius 2 is 2.00 bits per heavy atom. The van der Waals surface area contributed by atoms with Crippen LogP contribution in [0.4, 0.5) is 0 Å². The van der Waals surface area contributed by atoms with Gasteiger partial charge in [0.05, 0.1) is 0 Å².